The lowest BCUT2D eigenvalue weighted by molar-refractivity contribution is 0.866. The molecule has 0 bridgehead atoms. The number of nitrogens with zero attached hydrogens (tertiary/aromatic N) is 1. The standard InChI is InChI=1S/C13H14ClN3/c1-8-3-2-4-9(5-8)12(15)11-6-10(14)7-17-13(11)16/h2-7,12H,15H2,1H3,(H2,16,17). The minimum absolute atomic E-state index is 0.305. The third-order valence-corrected chi connectivity index (χ3v) is 2.86. The van der Waals surface area contributed by atoms with Gasteiger partial charge < -0.3 is 11.5 Å². The summed E-state index contributed by atoms with van der Waals surface area (Å²) in [5.41, 5.74) is 14.9. The topological polar surface area (TPSA) is 64.9 Å². The summed E-state index contributed by atoms with van der Waals surface area (Å²) < 4.78 is 0. The SMILES string of the molecule is Cc1cccc(C(N)c2cc(Cl)cnc2N)c1. The van der Waals surface area contributed by atoms with E-state index in [4.69, 9.17) is 23.1 Å². The smallest absolute Gasteiger partial charge is 0.128 e. The van der Waals surface area contributed by atoms with Gasteiger partial charge in [-0.3, -0.25) is 0 Å². The quantitative estimate of drug-likeness (QED) is 0.858. The molecule has 0 aliphatic rings. The fraction of sp³-hybridized carbons (Fsp3) is 0.154. The monoisotopic (exact) mass is 247 g/mol. The Kier molecular flexibility index (Phi) is 3.31. The van der Waals surface area contributed by atoms with Gasteiger partial charge in [0.2, 0.25) is 0 Å². The Balaban J connectivity index is 2.43. The summed E-state index contributed by atoms with van der Waals surface area (Å²) in [6.45, 7) is 2.02. The molecule has 0 radical (unpaired) electrons. The first-order valence-corrected chi connectivity index (χ1v) is 5.69. The Morgan fingerprint density at radius 2 is 2.06 bits per heavy atom. The predicted molar refractivity (Wildman–Crippen MR) is 70.9 cm³/mol. The minimum Gasteiger partial charge on any atom is -0.383 e. The van der Waals surface area contributed by atoms with E-state index in [0.717, 1.165) is 16.7 Å². The zero-order valence-electron chi connectivity index (χ0n) is 9.52. The van der Waals surface area contributed by atoms with E-state index >= 15 is 0 Å². The molecule has 1 unspecified atom stereocenters. The van der Waals surface area contributed by atoms with Crippen molar-refractivity contribution >= 4 is 17.4 Å². The molecule has 0 aliphatic carbocycles. The molecule has 1 heterocycles. The third-order valence-electron chi connectivity index (χ3n) is 2.65. The highest BCUT2D eigenvalue weighted by Gasteiger charge is 2.13. The van der Waals surface area contributed by atoms with Gasteiger partial charge in [-0.15, -0.1) is 0 Å². The van der Waals surface area contributed by atoms with Gasteiger partial charge in [0.1, 0.15) is 5.82 Å². The molecule has 0 spiro atoms. The van der Waals surface area contributed by atoms with Gasteiger partial charge in [-0.1, -0.05) is 41.4 Å². The third kappa shape index (κ3) is 2.57. The van der Waals surface area contributed by atoms with Crippen LogP contribution in [0.1, 0.15) is 22.7 Å². The predicted octanol–water partition coefficient (Wildman–Crippen LogP) is 2.67. The van der Waals surface area contributed by atoms with Gasteiger partial charge in [-0.25, -0.2) is 4.98 Å². The first-order chi connectivity index (χ1) is 8.08. The summed E-state index contributed by atoms with van der Waals surface area (Å²) in [7, 11) is 0. The second kappa shape index (κ2) is 4.73. The molecule has 1 aromatic heterocycles. The molecule has 4 heteroatoms. The molecule has 2 aromatic rings. The number of rotatable bonds is 2. The van der Waals surface area contributed by atoms with Crippen LogP contribution in [0.5, 0.6) is 0 Å². The van der Waals surface area contributed by atoms with Crippen molar-refractivity contribution in [3.63, 3.8) is 0 Å². The number of nitrogen functional groups attached to an aromatic ring is 1. The summed E-state index contributed by atoms with van der Waals surface area (Å²) in [4.78, 5) is 4.01. The fourth-order valence-corrected chi connectivity index (χ4v) is 1.92. The molecular weight excluding hydrogens is 234 g/mol. The molecule has 0 amide bonds. The van der Waals surface area contributed by atoms with Crippen LogP contribution in [-0.2, 0) is 0 Å². The van der Waals surface area contributed by atoms with E-state index in [1.54, 1.807) is 6.07 Å². The largest absolute Gasteiger partial charge is 0.383 e. The van der Waals surface area contributed by atoms with Crippen molar-refractivity contribution in [3.8, 4) is 0 Å². The first kappa shape index (κ1) is 11.9. The Bertz CT molecular complexity index is 540. The molecule has 2 rings (SSSR count). The molecule has 17 heavy (non-hydrogen) atoms. The van der Waals surface area contributed by atoms with Crippen molar-refractivity contribution in [1.29, 1.82) is 0 Å². The molecule has 4 N–H and O–H groups in total. The summed E-state index contributed by atoms with van der Waals surface area (Å²) >= 11 is 5.91. The molecule has 1 aromatic carbocycles. The number of hydrogen-bond acceptors (Lipinski definition) is 3. The van der Waals surface area contributed by atoms with Crippen molar-refractivity contribution < 1.29 is 0 Å². The maximum absolute atomic E-state index is 6.18. The molecule has 0 aliphatic heterocycles. The number of benzene rings is 1. The normalized spacial score (nSPS) is 12.4. The number of nitrogens with two attached hydrogens (primary N) is 2. The first-order valence-electron chi connectivity index (χ1n) is 5.31. The average Bonchev–Trinajstić information content (AvgIpc) is 2.31. The van der Waals surface area contributed by atoms with E-state index in [1.165, 1.54) is 6.20 Å². The van der Waals surface area contributed by atoms with Crippen molar-refractivity contribution in [2.45, 2.75) is 13.0 Å². The van der Waals surface area contributed by atoms with Crippen molar-refractivity contribution in [1.82, 2.24) is 4.98 Å². The van der Waals surface area contributed by atoms with Crippen LogP contribution in [0.2, 0.25) is 5.02 Å². The van der Waals surface area contributed by atoms with E-state index in [9.17, 15) is 0 Å². The van der Waals surface area contributed by atoms with Gasteiger partial charge in [-0.2, -0.15) is 0 Å². The zero-order chi connectivity index (χ0) is 12.4. The van der Waals surface area contributed by atoms with Gasteiger partial charge in [-0.05, 0) is 18.6 Å². The van der Waals surface area contributed by atoms with Gasteiger partial charge in [0.25, 0.3) is 0 Å². The highest BCUT2D eigenvalue weighted by molar-refractivity contribution is 6.30. The fourth-order valence-electron chi connectivity index (χ4n) is 1.76. The highest BCUT2D eigenvalue weighted by Crippen LogP contribution is 2.26. The Morgan fingerprint density at radius 1 is 1.29 bits per heavy atom. The van der Waals surface area contributed by atoms with Crippen LogP contribution in [0.15, 0.2) is 36.5 Å². The summed E-state index contributed by atoms with van der Waals surface area (Å²) in [5, 5.41) is 0.539. The van der Waals surface area contributed by atoms with Crippen LogP contribution >= 0.6 is 11.6 Å². The van der Waals surface area contributed by atoms with Crippen molar-refractivity contribution in [3.05, 3.63) is 58.2 Å². The van der Waals surface area contributed by atoms with E-state index < -0.39 is 0 Å². The van der Waals surface area contributed by atoms with E-state index in [-0.39, 0.29) is 6.04 Å². The number of aryl methyl sites for hydroxylation is 1. The van der Waals surface area contributed by atoms with Crippen LogP contribution in [0.3, 0.4) is 0 Å². The second-order valence-corrected chi connectivity index (χ2v) is 4.46. The summed E-state index contributed by atoms with van der Waals surface area (Å²) in [6.07, 6.45) is 1.52. The number of anilines is 1. The average molecular weight is 248 g/mol. The maximum atomic E-state index is 6.18. The number of hydrogen-bond donors (Lipinski definition) is 2. The van der Waals surface area contributed by atoms with Crippen LogP contribution in [0.4, 0.5) is 5.82 Å². The maximum Gasteiger partial charge on any atom is 0.128 e. The van der Waals surface area contributed by atoms with Crippen LogP contribution in [0, 0.1) is 6.92 Å². The number of pyridine rings is 1. The van der Waals surface area contributed by atoms with E-state index in [2.05, 4.69) is 4.98 Å². The van der Waals surface area contributed by atoms with E-state index in [1.807, 2.05) is 31.2 Å². The summed E-state index contributed by atoms with van der Waals surface area (Å²) in [6, 6.07) is 9.45. The van der Waals surface area contributed by atoms with Gasteiger partial charge >= 0.3 is 0 Å². The molecule has 88 valence electrons. The summed E-state index contributed by atoms with van der Waals surface area (Å²) in [5.74, 6) is 0.420. The minimum atomic E-state index is -0.305. The van der Waals surface area contributed by atoms with Crippen LogP contribution < -0.4 is 11.5 Å². The van der Waals surface area contributed by atoms with Gasteiger partial charge in [0.15, 0.2) is 0 Å². The zero-order valence-corrected chi connectivity index (χ0v) is 10.3. The number of halogens is 1. The van der Waals surface area contributed by atoms with Gasteiger partial charge in [0, 0.05) is 11.8 Å². The lowest BCUT2D eigenvalue weighted by Crippen LogP contribution is -2.14. The lowest BCUT2D eigenvalue weighted by Gasteiger charge is -2.15. The molecular formula is C13H14ClN3. The van der Waals surface area contributed by atoms with Crippen molar-refractivity contribution in [2.75, 3.05) is 5.73 Å². The number of aromatic nitrogens is 1. The van der Waals surface area contributed by atoms with E-state index in [0.29, 0.717) is 10.8 Å². The van der Waals surface area contributed by atoms with Crippen LogP contribution in [-0.4, -0.2) is 4.98 Å². The van der Waals surface area contributed by atoms with Gasteiger partial charge in [0.05, 0.1) is 11.1 Å². The second-order valence-electron chi connectivity index (χ2n) is 4.02. The van der Waals surface area contributed by atoms with Crippen molar-refractivity contribution in [2.24, 2.45) is 5.73 Å². The molecule has 1 atom stereocenters. The van der Waals surface area contributed by atoms with Crippen LogP contribution in [0.25, 0.3) is 0 Å². The Morgan fingerprint density at radius 3 is 2.76 bits per heavy atom. The molecule has 0 saturated carbocycles. The Hall–Kier alpha value is -1.58. The lowest BCUT2D eigenvalue weighted by atomic mass is 9.99. The molecule has 0 fully saturated rings. The highest BCUT2D eigenvalue weighted by atomic mass is 35.5. The molecule has 3 nitrogen and oxygen atoms in total. The molecule has 0 saturated heterocycles. The Labute approximate surface area is 105 Å².